The number of carboxylic acids is 1. The van der Waals surface area contributed by atoms with E-state index in [9.17, 15) is 9.59 Å². The molecule has 5 heteroatoms. The molecule has 1 N–H and O–H groups in total. The van der Waals surface area contributed by atoms with Crippen LogP contribution in [0.4, 0.5) is 0 Å². The van der Waals surface area contributed by atoms with Crippen molar-refractivity contribution in [3.63, 3.8) is 0 Å². The van der Waals surface area contributed by atoms with Crippen LogP contribution in [0.2, 0.25) is 0 Å². The molecule has 1 aromatic rings. The fourth-order valence-corrected chi connectivity index (χ4v) is 2.19. The van der Waals surface area contributed by atoms with Gasteiger partial charge in [-0.15, -0.1) is 0 Å². The lowest BCUT2D eigenvalue weighted by Gasteiger charge is -2.05. The number of carboxylic acid groups (broad SMARTS) is 1. The lowest BCUT2D eigenvalue weighted by atomic mass is 10.1. The van der Waals surface area contributed by atoms with Gasteiger partial charge in [0.25, 0.3) is 0 Å². The highest BCUT2D eigenvalue weighted by molar-refractivity contribution is 5.87. The maximum absolute atomic E-state index is 11.5. The zero-order valence-corrected chi connectivity index (χ0v) is 13.8. The summed E-state index contributed by atoms with van der Waals surface area (Å²) in [5, 5.41) is 8.77. The molecule has 5 nitrogen and oxygen atoms in total. The van der Waals surface area contributed by atoms with Crippen LogP contribution in [0.25, 0.3) is 0 Å². The number of hydrogen-bond acceptors (Lipinski definition) is 4. The van der Waals surface area contributed by atoms with Crippen molar-refractivity contribution in [3.05, 3.63) is 29.8 Å². The molecule has 0 unspecified atom stereocenters. The van der Waals surface area contributed by atoms with Crippen LogP contribution >= 0.6 is 0 Å². The third kappa shape index (κ3) is 8.86. The van der Waals surface area contributed by atoms with Gasteiger partial charge in [0.05, 0.1) is 12.0 Å². The van der Waals surface area contributed by atoms with Gasteiger partial charge >= 0.3 is 11.9 Å². The number of unbranched alkanes of at least 4 members (excludes halogenated alkanes) is 7. The Balaban J connectivity index is 2.07. The van der Waals surface area contributed by atoms with Gasteiger partial charge in [-0.1, -0.05) is 51.9 Å². The minimum atomic E-state index is -1.01. The predicted molar refractivity (Wildman–Crippen MR) is 87.3 cm³/mol. The van der Waals surface area contributed by atoms with E-state index in [4.69, 9.17) is 14.9 Å². The molecule has 0 aromatic heterocycles. The van der Waals surface area contributed by atoms with Crippen molar-refractivity contribution in [2.45, 2.75) is 64.7 Å². The number of hydrogen-bond donors (Lipinski definition) is 1. The quantitative estimate of drug-likeness (QED) is 0.341. The summed E-state index contributed by atoms with van der Waals surface area (Å²) >= 11 is 0. The minimum absolute atomic E-state index is 0.155. The van der Waals surface area contributed by atoms with Crippen LogP contribution in [0.5, 0.6) is 5.75 Å². The van der Waals surface area contributed by atoms with Gasteiger partial charge in [-0.25, -0.2) is 9.59 Å². The molecule has 128 valence electrons. The van der Waals surface area contributed by atoms with Gasteiger partial charge in [0, 0.05) is 0 Å². The van der Waals surface area contributed by atoms with E-state index in [0.717, 1.165) is 19.3 Å². The summed E-state index contributed by atoms with van der Waals surface area (Å²) in [5.74, 6) is -1.11. The molecule has 0 fully saturated rings. The lowest BCUT2D eigenvalue weighted by Crippen LogP contribution is -2.07. The topological polar surface area (TPSA) is 72.8 Å². The van der Waals surface area contributed by atoms with Crippen LogP contribution in [0, 0.1) is 0 Å². The van der Waals surface area contributed by atoms with Crippen molar-refractivity contribution < 1.29 is 24.5 Å². The number of aromatic carboxylic acids is 1. The molecule has 1 rings (SSSR count). The van der Waals surface area contributed by atoms with Gasteiger partial charge in [-0.3, -0.25) is 9.78 Å². The summed E-state index contributed by atoms with van der Waals surface area (Å²) in [7, 11) is 0. The molecule has 1 aromatic carbocycles. The van der Waals surface area contributed by atoms with Gasteiger partial charge in [-0.2, -0.15) is 0 Å². The average Bonchev–Trinajstić information content (AvgIpc) is 2.55. The third-order valence-corrected chi connectivity index (χ3v) is 3.57. The Bertz CT molecular complexity index is 467. The maximum atomic E-state index is 11.5. The van der Waals surface area contributed by atoms with Gasteiger partial charge in [-0.05, 0) is 30.7 Å². The molecule has 0 aliphatic heterocycles. The van der Waals surface area contributed by atoms with E-state index >= 15 is 0 Å². The number of carbonyl (C=O) groups excluding carboxylic acids is 1. The van der Waals surface area contributed by atoms with E-state index in [-0.39, 0.29) is 5.56 Å². The summed E-state index contributed by atoms with van der Waals surface area (Å²) in [6.45, 7) is 2.20. The van der Waals surface area contributed by atoms with Crippen LogP contribution in [-0.2, 0) is 9.68 Å². The molecule has 0 bridgehead atoms. The van der Waals surface area contributed by atoms with Gasteiger partial charge < -0.3 is 5.11 Å². The summed E-state index contributed by atoms with van der Waals surface area (Å²) in [6, 6.07) is 5.69. The van der Waals surface area contributed by atoms with Crippen LogP contribution < -0.4 is 4.89 Å². The molecule has 0 radical (unpaired) electrons. The molecule has 0 aliphatic carbocycles. The molecule has 0 saturated carbocycles. The fourth-order valence-electron chi connectivity index (χ4n) is 2.19. The van der Waals surface area contributed by atoms with Gasteiger partial charge in [0.2, 0.25) is 0 Å². The van der Waals surface area contributed by atoms with E-state index in [0.29, 0.717) is 12.2 Å². The predicted octanol–water partition coefficient (Wildman–Crippen LogP) is 4.75. The Morgan fingerprint density at radius 2 is 1.48 bits per heavy atom. The minimum Gasteiger partial charge on any atom is -0.478 e. The Morgan fingerprint density at radius 1 is 0.913 bits per heavy atom. The Hall–Kier alpha value is -2.04. The van der Waals surface area contributed by atoms with Crippen molar-refractivity contribution in [1.82, 2.24) is 0 Å². The maximum Gasteiger partial charge on any atom is 0.355 e. The van der Waals surface area contributed by atoms with Crippen molar-refractivity contribution in [1.29, 1.82) is 0 Å². The molecule has 0 heterocycles. The molecule has 0 amide bonds. The standard InChI is InChI=1S/C18H26O5/c1-2-3-4-5-6-7-8-9-10-17(19)23-22-16-13-11-15(12-14-16)18(20)21/h11-14H,2-10H2,1H3,(H,20,21). The normalized spacial score (nSPS) is 10.3. The van der Waals surface area contributed by atoms with Gasteiger partial charge in [0.15, 0.2) is 5.75 Å². The summed E-state index contributed by atoms with van der Waals surface area (Å²) < 4.78 is 0. The molecule has 0 saturated heterocycles. The second kappa shape index (κ2) is 11.5. The number of benzene rings is 1. The molecule has 23 heavy (non-hydrogen) atoms. The average molecular weight is 322 g/mol. The van der Waals surface area contributed by atoms with E-state index in [1.807, 2.05) is 0 Å². The van der Waals surface area contributed by atoms with Crippen molar-refractivity contribution >= 4 is 11.9 Å². The molecular weight excluding hydrogens is 296 g/mol. The fraction of sp³-hybridized carbons (Fsp3) is 0.556. The first kappa shape index (κ1) is 19.0. The summed E-state index contributed by atoms with van der Waals surface area (Å²) in [5.41, 5.74) is 0.155. The zero-order chi connectivity index (χ0) is 16.9. The van der Waals surface area contributed by atoms with Crippen molar-refractivity contribution in [3.8, 4) is 5.75 Å². The first-order valence-corrected chi connectivity index (χ1v) is 8.34. The van der Waals surface area contributed by atoms with Crippen LogP contribution in [0.3, 0.4) is 0 Å². The number of carbonyl (C=O) groups is 2. The second-order valence-electron chi connectivity index (χ2n) is 5.59. The molecule has 0 atom stereocenters. The SMILES string of the molecule is CCCCCCCCCCC(=O)OOc1ccc(C(=O)O)cc1. The summed E-state index contributed by atoms with van der Waals surface area (Å²) in [6.07, 6.45) is 9.66. The zero-order valence-electron chi connectivity index (χ0n) is 13.8. The summed E-state index contributed by atoms with van der Waals surface area (Å²) in [4.78, 5) is 31.8. The first-order valence-electron chi connectivity index (χ1n) is 8.34. The Labute approximate surface area is 137 Å². The van der Waals surface area contributed by atoms with Crippen LogP contribution in [0.15, 0.2) is 24.3 Å². The highest BCUT2D eigenvalue weighted by Gasteiger charge is 2.07. The van der Waals surface area contributed by atoms with Crippen molar-refractivity contribution in [2.24, 2.45) is 0 Å². The van der Waals surface area contributed by atoms with E-state index in [1.54, 1.807) is 0 Å². The number of rotatable bonds is 12. The van der Waals surface area contributed by atoms with Gasteiger partial charge in [0.1, 0.15) is 0 Å². The highest BCUT2D eigenvalue weighted by Crippen LogP contribution is 2.14. The van der Waals surface area contributed by atoms with E-state index in [2.05, 4.69) is 6.92 Å². The first-order chi connectivity index (χ1) is 11.1. The third-order valence-electron chi connectivity index (χ3n) is 3.57. The molecule has 0 spiro atoms. The monoisotopic (exact) mass is 322 g/mol. The van der Waals surface area contributed by atoms with Crippen LogP contribution in [-0.4, -0.2) is 17.0 Å². The van der Waals surface area contributed by atoms with Crippen LogP contribution in [0.1, 0.15) is 75.1 Å². The molecule has 0 aliphatic rings. The molecular formula is C18H26O5. The van der Waals surface area contributed by atoms with E-state index < -0.39 is 11.9 Å². The van der Waals surface area contributed by atoms with Crippen molar-refractivity contribution in [2.75, 3.05) is 0 Å². The Kier molecular flexibility index (Phi) is 9.52. The van der Waals surface area contributed by atoms with E-state index in [1.165, 1.54) is 56.4 Å². The Morgan fingerprint density at radius 3 is 2.04 bits per heavy atom. The highest BCUT2D eigenvalue weighted by atomic mass is 17.2. The largest absolute Gasteiger partial charge is 0.478 e. The second-order valence-corrected chi connectivity index (χ2v) is 5.59. The smallest absolute Gasteiger partial charge is 0.355 e. The lowest BCUT2D eigenvalue weighted by molar-refractivity contribution is -0.213.